The molecular weight excluding hydrogens is 324 g/mol. The fourth-order valence-corrected chi connectivity index (χ4v) is 4.01. The van der Waals surface area contributed by atoms with Crippen molar-refractivity contribution < 1.29 is 15.3 Å². The zero-order valence-corrected chi connectivity index (χ0v) is 16.6. The fourth-order valence-electron chi connectivity index (χ4n) is 4.01. The van der Waals surface area contributed by atoms with Crippen molar-refractivity contribution in [2.75, 3.05) is 0 Å². The minimum Gasteiger partial charge on any atom is -0.507 e. The highest BCUT2D eigenvalue weighted by Crippen LogP contribution is 2.50. The van der Waals surface area contributed by atoms with Crippen LogP contribution in [0.15, 0.2) is 6.07 Å². The van der Waals surface area contributed by atoms with E-state index < -0.39 is 0 Å². The summed E-state index contributed by atoms with van der Waals surface area (Å²) >= 11 is 0. The van der Waals surface area contributed by atoms with Crippen LogP contribution in [0, 0.1) is 10.8 Å². The number of rotatable bonds is 11. The molecule has 0 unspecified atom stereocenters. The molecule has 0 radical (unpaired) electrons. The third kappa shape index (κ3) is 5.08. The largest absolute Gasteiger partial charge is 0.507 e. The Hall–Kier alpha value is -1.38. The lowest BCUT2D eigenvalue weighted by atomic mass is 9.95. The van der Waals surface area contributed by atoms with Crippen LogP contribution in [0.1, 0.15) is 95.6 Å². The Morgan fingerprint density at radius 1 is 0.731 bits per heavy atom. The van der Waals surface area contributed by atoms with Gasteiger partial charge in [0.05, 0.1) is 0 Å². The lowest BCUT2D eigenvalue weighted by Crippen LogP contribution is -1.97. The number of phenols is 3. The van der Waals surface area contributed by atoms with E-state index in [4.69, 9.17) is 0 Å². The minimum absolute atomic E-state index is 0.0903. The van der Waals surface area contributed by atoms with Gasteiger partial charge in [-0.1, -0.05) is 33.1 Å². The standard InChI is InChI=1S/C23H36O3/c1-22(12-13-22)10-6-3-4-8-17-16-19(24)21(26)18(20(17)25)9-5-7-11-23(2)14-15-23/h16,24-26H,3-15H2,1-2H3. The Balaban J connectivity index is 1.49. The molecule has 2 aliphatic rings. The first-order valence-electron chi connectivity index (χ1n) is 10.6. The van der Waals surface area contributed by atoms with Crippen LogP contribution in [0.2, 0.25) is 0 Å². The Kier molecular flexibility index (Phi) is 5.74. The maximum atomic E-state index is 10.6. The number of phenolic OH excluding ortho intramolecular Hbond substituents is 3. The highest BCUT2D eigenvalue weighted by molar-refractivity contribution is 5.56. The van der Waals surface area contributed by atoms with E-state index in [1.54, 1.807) is 6.07 Å². The van der Waals surface area contributed by atoms with Gasteiger partial charge < -0.3 is 15.3 Å². The summed E-state index contributed by atoms with van der Waals surface area (Å²) in [5.74, 6) is -0.0231. The summed E-state index contributed by atoms with van der Waals surface area (Å²) in [5, 5.41) is 30.8. The number of hydrogen-bond donors (Lipinski definition) is 3. The van der Waals surface area contributed by atoms with Crippen molar-refractivity contribution >= 4 is 0 Å². The molecule has 2 fully saturated rings. The highest BCUT2D eigenvalue weighted by Gasteiger charge is 2.36. The molecule has 0 aromatic heterocycles. The Morgan fingerprint density at radius 2 is 1.27 bits per heavy atom. The van der Waals surface area contributed by atoms with Crippen molar-refractivity contribution in [3.63, 3.8) is 0 Å². The van der Waals surface area contributed by atoms with Gasteiger partial charge in [0.15, 0.2) is 11.5 Å². The second kappa shape index (κ2) is 7.70. The molecule has 0 atom stereocenters. The van der Waals surface area contributed by atoms with Gasteiger partial charge in [0.1, 0.15) is 5.75 Å². The predicted molar refractivity (Wildman–Crippen MR) is 106 cm³/mol. The zero-order valence-electron chi connectivity index (χ0n) is 16.6. The van der Waals surface area contributed by atoms with Crippen molar-refractivity contribution in [2.45, 2.75) is 97.3 Å². The number of aromatic hydroxyl groups is 3. The molecule has 3 N–H and O–H groups in total. The topological polar surface area (TPSA) is 60.7 Å². The van der Waals surface area contributed by atoms with E-state index in [9.17, 15) is 15.3 Å². The van der Waals surface area contributed by atoms with Gasteiger partial charge in [0.25, 0.3) is 0 Å². The van der Waals surface area contributed by atoms with E-state index in [1.165, 1.54) is 44.9 Å². The van der Waals surface area contributed by atoms with E-state index in [1.807, 2.05) is 0 Å². The lowest BCUT2D eigenvalue weighted by Gasteiger charge is -2.14. The Bertz CT molecular complexity index is 627. The number of benzene rings is 1. The van der Waals surface area contributed by atoms with Crippen LogP contribution in [0.5, 0.6) is 17.2 Å². The van der Waals surface area contributed by atoms with Crippen molar-refractivity contribution in [3.8, 4) is 17.2 Å². The van der Waals surface area contributed by atoms with Gasteiger partial charge in [0.2, 0.25) is 0 Å². The molecule has 1 aromatic rings. The average molecular weight is 361 g/mol. The van der Waals surface area contributed by atoms with Crippen LogP contribution < -0.4 is 0 Å². The third-order valence-corrected chi connectivity index (χ3v) is 6.82. The maximum Gasteiger partial charge on any atom is 0.164 e. The van der Waals surface area contributed by atoms with Crippen molar-refractivity contribution in [2.24, 2.45) is 10.8 Å². The quantitative estimate of drug-likeness (QED) is 0.249. The molecule has 26 heavy (non-hydrogen) atoms. The zero-order chi connectivity index (χ0) is 18.8. The van der Waals surface area contributed by atoms with Gasteiger partial charge in [0, 0.05) is 5.56 Å². The van der Waals surface area contributed by atoms with E-state index in [-0.39, 0.29) is 17.2 Å². The second-order valence-electron chi connectivity index (χ2n) is 9.62. The molecule has 0 heterocycles. The number of hydrogen-bond acceptors (Lipinski definition) is 3. The Labute approximate surface area is 158 Å². The van der Waals surface area contributed by atoms with Crippen molar-refractivity contribution in [3.05, 3.63) is 17.2 Å². The van der Waals surface area contributed by atoms with Crippen LogP contribution in [-0.2, 0) is 12.8 Å². The van der Waals surface area contributed by atoms with Crippen LogP contribution >= 0.6 is 0 Å². The molecule has 3 rings (SSSR count). The molecular formula is C23H36O3. The second-order valence-corrected chi connectivity index (χ2v) is 9.62. The summed E-state index contributed by atoms with van der Waals surface area (Å²) in [6, 6.07) is 1.54. The monoisotopic (exact) mass is 360 g/mol. The van der Waals surface area contributed by atoms with Gasteiger partial charge >= 0.3 is 0 Å². The summed E-state index contributed by atoms with van der Waals surface area (Å²) in [6.07, 6.45) is 14.8. The van der Waals surface area contributed by atoms with Gasteiger partial charge in [-0.2, -0.15) is 0 Å². The minimum atomic E-state index is -0.134. The first-order chi connectivity index (χ1) is 12.3. The highest BCUT2D eigenvalue weighted by atomic mass is 16.3. The van der Waals surface area contributed by atoms with E-state index in [0.717, 1.165) is 37.7 Å². The molecule has 0 saturated heterocycles. The molecule has 2 aliphatic carbocycles. The van der Waals surface area contributed by atoms with Crippen LogP contribution in [0.3, 0.4) is 0 Å². The first-order valence-corrected chi connectivity index (χ1v) is 10.6. The summed E-state index contributed by atoms with van der Waals surface area (Å²) < 4.78 is 0. The fraction of sp³-hybridized carbons (Fsp3) is 0.739. The van der Waals surface area contributed by atoms with Crippen LogP contribution in [0.25, 0.3) is 0 Å². The van der Waals surface area contributed by atoms with Gasteiger partial charge in [-0.3, -0.25) is 0 Å². The van der Waals surface area contributed by atoms with Gasteiger partial charge in [-0.15, -0.1) is 0 Å². The summed E-state index contributed by atoms with van der Waals surface area (Å²) in [4.78, 5) is 0. The molecule has 0 aliphatic heterocycles. The Morgan fingerprint density at radius 3 is 1.85 bits per heavy atom. The van der Waals surface area contributed by atoms with Gasteiger partial charge in [-0.25, -0.2) is 0 Å². The van der Waals surface area contributed by atoms with Crippen LogP contribution in [0.4, 0.5) is 0 Å². The van der Waals surface area contributed by atoms with Gasteiger partial charge in [-0.05, 0) is 86.7 Å². The van der Waals surface area contributed by atoms with E-state index in [2.05, 4.69) is 13.8 Å². The van der Waals surface area contributed by atoms with Crippen molar-refractivity contribution in [1.82, 2.24) is 0 Å². The molecule has 1 aromatic carbocycles. The predicted octanol–water partition coefficient (Wildman–Crippen LogP) is 6.22. The van der Waals surface area contributed by atoms with E-state index in [0.29, 0.717) is 22.8 Å². The van der Waals surface area contributed by atoms with Crippen LogP contribution in [-0.4, -0.2) is 15.3 Å². The normalized spacial score (nSPS) is 19.5. The average Bonchev–Trinajstić information content (AvgIpc) is 3.51. The summed E-state index contributed by atoms with van der Waals surface area (Å²) in [7, 11) is 0. The van der Waals surface area contributed by atoms with Crippen molar-refractivity contribution in [1.29, 1.82) is 0 Å². The maximum absolute atomic E-state index is 10.6. The first kappa shape index (κ1) is 19.4. The van der Waals surface area contributed by atoms with E-state index >= 15 is 0 Å². The molecule has 146 valence electrons. The molecule has 3 heteroatoms. The third-order valence-electron chi connectivity index (χ3n) is 6.82. The smallest absolute Gasteiger partial charge is 0.164 e. The summed E-state index contributed by atoms with van der Waals surface area (Å²) in [6.45, 7) is 4.70. The lowest BCUT2D eigenvalue weighted by molar-refractivity contribution is 0.384. The summed E-state index contributed by atoms with van der Waals surface area (Å²) in [5.41, 5.74) is 2.48. The molecule has 3 nitrogen and oxygen atoms in total. The molecule has 0 spiro atoms. The SMILES string of the molecule is CC1(CCCCCc2cc(O)c(O)c(CCCCC3(C)CC3)c2O)CC1. The molecule has 0 bridgehead atoms. The molecule has 2 saturated carbocycles. The molecule has 0 amide bonds. The number of unbranched alkanes of at least 4 members (excludes halogenated alkanes) is 3. The number of aryl methyl sites for hydroxylation is 1.